The van der Waals surface area contributed by atoms with E-state index in [-0.39, 0.29) is 53.7 Å². The van der Waals surface area contributed by atoms with Crippen LogP contribution in [0.15, 0.2) is 78.9 Å². The molecule has 3 aliphatic heterocycles. The summed E-state index contributed by atoms with van der Waals surface area (Å²) in [6.45, 7) is 5.05. The second-order valence-electron chi connectivity index (χ2n) is 11.4. The lowest BCUT2D eigenvalue weighted by Gasteiger charge is -2.36. The minimum absolute atomic E-state index is 0.0235. The zero-order valence-corrected chi connectivity index (χ0v) is 25.3. The SMILES string of the molecule is C=CCC1(CC=C(C)COC(=O)N(C)c2cccc3c2C(=O)OC32c3ccc(O)cc3Oc3cc(O)ccc32)C(=O)NC(=O)NC1=O. The third-order valence-corrected chi connectivity index (χ3v) is 8.45. The van der Waals surface area contributed by atoms with E-state index in [1.165, 1.54) is 37.4 Å². The topological polar surface area (TPSA) is 181 Å². The Morgan fingerprint density at radius 2 is 1.55 bits per heavy atom. The zero-order chi connectivity index (χ0) is 33.7. The highest BCUT2D eigenvalue weighted by molar-refractivity contribution is 6.19. The zero-order valence-electron chi connectivity index (χ0n) is 25.3. The van der Waals surface area contributed by atoms with Crippen LogP contribution >= 0.6 is 0 Å². The van der Waals surface area contributed by atoms with Gasteiger partial charge in [-0.25, -0.2) is 14.4 Å². The van der Waals surface area contributed by atoms with E-state index in [1.54, 1.807) is 43.3 Å². The van der Waals surface area contributed by atoms with Crippen LogP contribution in [0.25, 0.3) is 0 Å². The van der Waals surface area contributed by atoms with Crippen LogP contribution in [-0.2, 0) is 24.7 Å². The van der Waals surface area contributed by atoms with E-state index in [1.807, 2.05) is 0 Å². The van der Waals surface area contributed by atoms with Crippen LogP contribution in [-0.4, -0.2) is 53.8 Å². The first-order valence-electron chi connectivity index (χ1n) is 14.5. The van der Waals surface area contributed by atoms with Gasteiger partial charge in [0.05, 0.1) is 11.3 Å². The summed E-state index contributed by atoms with van der Waals surface area (Å²) < 4.78 is 17.6. The summed E-state index contributed by atoms with van der Waals surface area (Å²) in [4.78, 5) is 64.9. The molecule has 240 valence electrons. The first-order chi connectivity index (χ1) is 22.4. The summed E-state index contributed by atoms with van der Waals surface area (Å²) in [5.41, 5.74) is -0.995. The lowest BCUT2D eigenvalue weighted by molar-refractivity contribution is -0.144. The molecule has 3 heterocycles. The smallest absolute Gasteiger partial charge is 0.414 e. The lowest BCUT2D eigenvalue weighted by Crippen LogP contribution is -2.62. The molecule has 5 amide bonds. The van der Waals surface area contributed by atoms with E-state index in [0.29, 0.717) is 22.3 Å². The van der Waals surface area contributed by atoms with Crippen LogP contribution in [0.2, 0.25) is 0 Å². The molecular weight excluding hydrogens is 610 g/mol. The van der Waals surface area contributed by atoms with Gasteiger partial charge in [0.25, 0.3) is 0 Å². The standard InChI is InChI=1S/C34H29N3O10/c1-4-13-33(29(41)35-31(43)36-30(33)42)14-12-18(2)17-45-32(44)37(3)24-7-5-6-23-27(24)28(40)47-34(23)21-10-8-19(38)15-25(21)46-26-16-20(39)9-11-22(26)34/h4-12,15-16,38-39H,1,13-14,17H2,2-3H3,(H2,35,36,41,42,43). The van der Waals surface area contributed by atoms with Gasteiger partial charge in [0.2, 0.25) is 11.8 Å². The molecule has 1 spiro atoms. The number of ether oxygens (including phenoxy) is 3. The number of fused-ring (bicyclic) bond motifs is 6. The summed E-state index contributed by atoms with van der Waals surface area (Å²) in [6, 6.07) is 12.8. The molecule has 0 saturated carbocycles. The van der Waals surface area contributed by atoms with E-state index in [4.69, 9.17) is 14.2 Å². The summed E-state index contributed by atoms with van der Waals surface area (Å²) in [6.07, 6.45) is 2.08. The van der Waals surface area contributed by atoms with Crippen LogP contribution in [0.3, 0.4) is 0 Å². The molecule has 3 aromatic rings. The number of urea groups is 1. The number of phenolic OH excluding ortho intramolecular Hbond substituents is 2. The highest BCUT2D eigenvalue weighted by Crippen LogP contribution is 2.58. The van der Waals surface area contributed by atoms with Crippen molar-refractivity contribution in [3.8, 4) is 23.0 Å². The minimum Gasteiger partial charge on any atom is -0.508 e. The van der Waals surface area contributed by atoms with Gasteiger partial charge in [-0.2, -0.15) is 0 Å². The molecule has 0 aliphatic carbocycles. The van der Waals surface area contributed by atoms with Crippen molar-refractivity contribution in [3.63, 3.8) is 0 Å². The van der Waals surface area contributed by atoms with Crippen molar-refractivity contribution in [1.29, 1.82) is 0 Å². The number of benzene rings is 3. The Morgan fingerprint density at radius 3 is 2.15 bits per heavy atom. The Kier molecular flexibility index (Phi) is 7.46. The van der Waals surface area contributed by atoms with Crippen LogP contribution in [0, 0.1) is 5.41 Å². The quantitative estimate of drug-likeness (QED) is 0.163. The molecule has 0 radical (unpaired) electrons. The van der Waals surface area contributed by atoms with Gasteiger partial charge in [0, 0.05) is 35.9 Å². The molecule has 47 heavy (non-hydrogen) atoms. The van der Waals surface area contributed by atoms with Gasteiger partial charge in [0.1, 0.15) is 35.0 Å². The Labute approximate surface area is 268 Å². The predicted molar refractivity (Wildman–Crippen MR) is 165 cm³/mol. The fourth-order valence-corrected chi connectivity index (χ4v) is 6.07. The van der Waals surface area contributed by atoms with E-state index >= 15 is 0 Å². The van der Waals surface area contributed by atoms with Crippen LogP contribution in [0.1, 0.15) is 46.8 Å². The fraction of sp³-hybridized carbons (Fsp3) is 0.206. The number of nitrogens with zero attached hydrogens (tertiary/aromatic N) is 1. The number of rotatable bonds is 7. The molecule has 0 unspecified atom stereocenters. The second kappa shape index (κ2) is 11.4. The van der Waals surface area contributed by atoms with Gasteiger partial charge in [0.15, 0.2) is 5.60 Å². The first-order valence-corrected chi connectivity index (χ1v) is 14.5. The summed E-state index contributed by atoms with van der Waals surface area (Å²) in [5, 5.41) is 24.5. The number of anilines is 1. The number of carbonyl (C=O) groups excluding carboxylic acids is 5. The molecule has 0 bridgehead atoms. The molecule has 3 aromatic carbocycles. The number of esters is 1. The number of hydrogen-bond donors (Lipinski definition) is 4. The summed E-state index contributed by atoms with van der Waals surface area (Å²) in [5.74, 6) is -1.95. The van der Waals surface area contributed by atoms with Crippen molar-refractivity contribution >= 4 is 35.6 Å². The average molecular weight is 640 g/mol. The van der Waals surface area contributed by atoms with E-state index in [2.05, 4.69) is 17.2 Å². The van der Waals surface area contributed by atoms with Crippen LogP contribution in [0.5, 0.6) is 23.0 Å². The monoisotopic (exact) mass is 639 g/mol. The summed E-state index contributed by atoms with van der Waals surface area (Å²) in [7, 11) is 1.43. The Morgan fingerprint density at radius 1 is 0.936 bits per heavy atom. The molecule has 13 heteroatoms. The fourth-order valence-electron chi connectivity index (χ4n) is 6.07. The maximum absolute atomic E-state index is 13.7. The average Bonchev–Trinajstić information content (AvgIpc) is 3.32. The van der Waals surface area contributed by atoms with Crippen molar-refractivity contribution in [2.24, 2.45) is 5.41 Å². The van der Waals surface area contributed by atoms with E-state index < -0.39 is 40.9 Å². The predicted octanol–water partition coefficient (Wildman–Crippen LogP) is 4.50. The van der Waals surface area contributed by atoms with Crippen molar-refractivity contribution in [2.45, 2.75) is 25.4 Å². The molecular formula is C34H29N3O10. The Bertz CT molecular complexity index is 1860. The second-order valence-corrected chi connectivity index (χ2v) is 11.4. The maximum Gasteiger partial charge on any atom is 0.414 e. The Balaban J connectivity index is 1.27. The van der Waals surface area contributed by atoms with Gasteiger partial charge < -0.3 is 24.4 Å². The van der Waals surface area contributed by atoms with Crippen molar-refractivity contribution in [1.82, 2.24) is 10.6 Å². The lowest BCUT2D eigenvalue weighted by atomic mass is 9.77. The number of carbonyl (C=O) groups is 5. The number of allylic oxidation sites excluding steroid dienone is 2. The number of amides is 5. The van der Waals surface area contributed by atoms with Gasteiger partial charge in [-0.05, 0) is 55.7 Å². The molecule has 3 aliphatic rings. The molecule has 1 fully saturated rings. The van der Waals surface area contributed by atoms with Crippen LogP contribution < -0.4 is 20.3 Å². The number of aromatic hydroxyl groups is 2. The van der Waals surface area contributed by atoms with Gasteiger partial charge in [-0.3, -0.25) is 25.1 Å². The van der Waals surface area contributed by atoms with Crippen molar-refractivity contribution in [2.75, 3.05) is 18.6 Å². The Hall–Kier alpha value is -6.11. The highest BCUT2D eigenvalue weighted by Gasteiger charge is 2.55. The number of barbiturate groups is 1. The molecule has 0 atom stereocenters. The first kappa shape index (κ1) is 30.9. The molecule has 1 saturated heterocycles. The maximum atomic E-state index is 13.7. The molecule has 4 N–H and O–H groups in total. The molecule has 13 nitrogen and oxygen atoms in total. The normalized spacial score (nSPS) is 16.9. The number of hydrogen-bond acceptors (Lipinski definition) is 10. The largest absolute Gasteiger partial charge is 0.508 e. The number of phenols is 2. The number of imide groups is 2. The molecule has 6 rings (SSSR count). The van der Waals surface area contributed by atoms with E-state index in [0.717, 1.165) is 4.90 Å². The minimum atomic E-state index is -1.59. The summed E-state index contributed by atoms with van der Waals surface area (Å²) >= 11 is 0. The third-order valence-electron chi connectivity index (χ3n) is 8.45. The third kappa shape index (κ3) is 4.92. The van der Waals surface area contributed by atoms with E-state index in [9.17, 15) is 34.2 Å². The van der Waals surface area contributed by atoms with Crippen molar-refractivity contribution in [3.05, 3.63) is 101 Å². The highest BCUT2D eigenvalue weighted by atomic mass is 16.6. The van der Waals surface area contributed by atoms with Crippen LogP contribution in [0.4, 0.5) is 15.3 Å². The van der Waals surface area contributed by atoms with Crippen molar-refractivity contribution < 1.29 is 48.4 Å². The van der Waals surface area contributed by atoms with Gasteiger partial charge in [-0.1, -0.05) is 24.3 Å². The number of nitrogens with one attached hydrogen (secondary N) is 2. The molecule has 0 aromatic heterocycles. The van der Waals surface area contributed by atoms with Gasteiger partial charge >= 0.3 is 18.1 Å². The van der Waals surface area contributed by atoms with Gasteiger partial charge in [-0.15, -0.1) is 6.58 Å².